The fourth-order valence-corrected chi connectivity index (χ4v) is 3.67. The molecule has 0 atom stereocenters. The van der Waals surface area contributed by atoms with Crippen LogP contribution in [0.5, 0.6) is 11.5 Å². The van der Waals surface area contributed by atoms with Gasteiger partial charge >= 0.3 is 0 Å². The second kappa shape index (κ2) is 6.49. The number of nitrogens with one attached hydrogen (secondary N) is 1. The molecule has 2 aliphatic heterocycles. The Morgan fingerprint density at radius 2 is 1.92 bits per heavy atom. The quantitative estimate of drug-likeness (QED) is 0.778. The molecule has 7 heteroatoms. The van der Waals surface area contributed by atoms with Crippen LogP contribution in [0.25, 0.3) is 5.65 Å². The number of fused-ring (bicyclic) bond motifs is 2. The maximum absolute atomic E-state index is 5.49. The Morgan fingerprint density at radius 3 is 2.85 bits per heavy atom. The van der Waals surface area contributed by atoms with Gasteiger partial charge in [0.05, 0.1) is 6.54 Å². The minimum atomic E-state index is 0.322. The molecule has 0 spiro atoms. The van der Waals surface area contributed by atoms with Crippen molar-refractivity contribution in [3.63, 3.8) is 0 Å². The molecule has 0 aliphatic carbocycles. The molecule has 0 saturated carbocycles. The smallest absolute Gasteiger partial charge is 0.231 e. The summed E-state index contributed by atoms with van der Waals surface area (Å²) in [5.41, 5.74) is 2.10. The van der Waals surface area contributed by atoms with Gasteiger partial charge in [0.1, 0.15) is 0 Å². The van der Waals surface area contributed by atoms with Crippen LogP contribution in [0.3, 0.4) is 0 Å². The fourth-order valence-electron chi connectivity index (χ4n) is 3.67. The number of aromatic nitrogens is 3. The number of ether oxygens (including phenoxy) is 2. The molecule has 3 aromatic rings. The van der Waals surface area contributed by atoms with Gasteiger partial charge in [0.2, 0.25) is 6.79 Å². The first-order valence-electron chi connectivity index (χ1n) is 9.03. The summed E-state index contributed by atoms with van der Waals surface area (Å²) in [6, 6.07) is 12.6. The van der Waals surface area contributed by atoms with Crippen LogP contribution in [0, 0.1) is 0 Å². The average molecular weight is 351 g/mol. The highest BCUT2D eigenvalue weighted by atomic mass is 16.7. The Balaban J connectivity index is 1.18. The van der Waals surface area contributed by atoms with Crippen LogP contribution in [-0.4, -0.2) is 40.5 Å². The van der Waals surface area contributed by atoms with Gasteiger partial charge in [0.25, 0.3) is 0 Å². The molecule has 134 valence electrons. The number of pyridine rings is 1. The van der Waals surface area contributed by atoms with E-state index in [1.807, 2.05) is 34.9 Å². The number of nitrogens with zero attached hydrogens (tertiary/aromatic N) is 4. The van der Waals surface area contributed by atoms with Crippen LogP contribution in [0.15, 0.2) is 42.6 Å². The molecular formula is C19H21N5O2. The lowest BCUT2D eigenvalue weighted by Gasteiger charge is -2.34. The molecule has 1 N–H and O–H groups in total. The first-order chi connectivity index (χ1) is 12.9. The molecule has 2 aromatic heterocycles. The Kier molecular flexibility index (Phi) is 3.86. The van der Waals surface area contributed by atoms with Crippen molar-refractivity contribution in [2.75, 3.05) is 24.8 Å². The van der Waals surface area contributed by atoms with Gasteiger partial charge in [-0.05, 0) is 37.1 Å². The lowest BCUT2D eigenvalue weighted by atomic mass is 10.0. The number of hydrogen-bond donors (Lipinski definition) is 1. The molecule has 0 radical (unpaired) electrons. The summed E-state index contributed by atoms with van der Waals surface area (Å²) in [5.74, 6) is 2.64. The van der Waals surface area contributed by atoms with Crippen LogP contribution in [0.2, 0.25) is 0 Å². The van der Waals surface area contributed by atoms with Crippen molar-refractivity contribution in [1.82, 2.24) is 19.9 Å². The van der Waals surface area contributed by atoms with E-state index in [4.69, 9.17) is 9.47 Å². The van der Waals surface area contributed by atoms with Crippen LogP contribution < -0.4 is 19.7 Å². The number of rotatable bonds is 4. The highest BCUT2D eigenvalue weighted by Crippen LogP contribution is 2.36. The van der Waals surface area contributed by atoms with Crippen LogP contribution in [0.4, 0.5) is 5.69 Å². The molecular weight excluding hydrogens is 330 g/mol. The largest absolute Gasteiger partial charge is 0.454 e. The van der Waals surface area contributed by atoms with Crippen molar-refractivity contribution >= 4 is 11.3 Å². The second-order valence-corrected chi connectivity index (χ2v) is 6.72. The molecule has 1 saturated heterocycles. The molecule has 5 rings (SSSR count). The van der Waals surface area contributed by atoms with Crippen molar-refractivity contribution in [2.24, 2.45) is 0 Å². The number of hydrogen-bond acceptors (Lipinski definition) is 6. The topological polar surface area (TPSA) is 63.9 Å². The summed E-state index contributed by atoms with van der Waals surface area (Å²) < 4.78 is 12.9. The molecule has 7 nitrogen and oxygen atoms in total. The van der Waals surface area contributed by atoms with Gasteiger partial charge in [-0.2, -0.15) is 0 Å². The minimum Gasteiger partial charge on any atom is -0.454 e. The SMILES string of the molecule is c1ccn2c(CNC3CCN(c4ccc5c(c4)OCO5)CC3)nnc2c1. The Hall–Kier alpha value is -2.80. The summed E-state index contributed by atoms with van der Waals surface area (Å²) in [5, 5.41) is 12.1. The zero-order valence-electron chi connectivity index (χ0n) is 14.5. The monoisotopic (exact) mass is 351 g/mol. The molecule has 0 bridgehead atoms. The van der Waals surface area contributed by atoms with Gasteiger partial charge in [-0.25, -0.2) is 0 Å². The molecule has 1 aromatic carbocycles. The predicted molar refractivity (Wildman–Crippen MR) is 97.6 cm³/mol. The molecule has 0 unspecified atom stereocenters. The zero-order valence-corrected chi connectivity index (χ0v) is 14.5. The van der Waals surface area contributed by atoms with Gasteiger partial charge in [-0.3, -0.25) is 4.40 Å². The Morgan fingerprint density at radius 1 is 1.04 bits per heavy atom. The van der Waals surface area contributed by atoms with E-state index in [1.54, 1.807) is 0 Å². The van der Waals surface area contributed by atoms with E-state index in [-0.39, 0.29) is 0 Å². The van der Waals surface area contributed by atoms with E-state index < -0.39 is 0 Å². The molecule has 4 heterocycles. The van der Waals surface area contributed by atoms with Crippen molar-refractivity contribution < 1.29 is 9.47 Å². The van der Waals surface area contributed by atoms with Crippen LogP contribution >= 0.6 is 0 Å². The lowest BCUT2D eigenvalue weighted by molar-refractivity contribution is 0.174. The highest BCUT2D eigenvalue weighted by molar-refractivity contribution is 5.57. The highest BCUT2D eigenvalue weighted by Gasteiger charge is 2.22. The second-order valence-electron chi connectivity index (χ2n) is 6.72. The van der Waals surface area contributed by atoms with Crippen molar-refractivity contribution in [3.8, 4) is 11.5 Å². The zero-order chi connectivity index (χ0) is 17.3. The van der Waals surface area contributed by atoms with E-state index in [0.717, 1.165) is 55.4 Å². The van der Waals surface area contributed by atoms with Crippen molar-refractivity contribution in [2.45, 2.75) is 25.4 Å². The van der Waals surface area contributed by atoms with Crippen molar-refractivity contribution in [3.05, 3.63) is 48.4 Å². The minimum absolute atomic E-state index is 0.322. The normalized spacial score (nSPS) is 17.2. The summed E-state index contributed by atoms with van der Waals surface area (Å²) in [7, 11) is 0. The van der Waals surface area contributed by atoms with Crippen LogP contribution in [0.1, 0.15) is 18.7 Å². The average Bonchev–Trinajstić information content (AvgIpc) is 3.33. The van der Waals surface area contributed by atoms with Gasteiger partial charge in [0, 0.05) is 37.1 Å². The third-order valence-corrected chi connectivity index (χ3v) is 5.15. The number of piperidine rings is 1. The first kappa shape index (κ1) is 15.5. The van der Waals surface area contributed by atoms with E-state index in [9.17, 15) is 0 Å². The Labute approximate surface area is 151 Å². The first-order valence-corrected chi connectivity index (χ1v) is 9.03. The summed E-state index contributed by atoms with van der Waals surface area (Å²) in [6.07, 6.45) is 4.21. The van der Waals surface area contributed by atoms with Crippen molar-refractivity contribution in [1.29, 1.82) is 0 Å². The van der Waals surface area contributed by atoms with Gasteiger partial charge in [0.15, 0.2) is 23.0 Å². The molecule has 2 aliphatic rings. The number of anilines is 1. The van der Waals surface area contributed by atoms with E-state index in [1.165, 1.54) is 5.69 Å². The number of benzene rings is 1. The lowest BCUT2D eigenvalue weighted by Crippen LogP contribution is -2.42. The molecule has 1 fully saturated rings. The van der Waals surface area contributed by atoms with E-state index >= 15 is 0 Å². The fraction of sp³-hybridized carbons (Fsp3) is 0.368. The summed E-state index contributed by atoms with van der Waals surface area (Å²) >= 11 is 0. The molecule has 26 heavy (non-hydrogen) atoms. The summed E-state index contributed by atoms with van der Waals surface area (Å²) in [6.45, 7) is 3.11. The van der Waals surface area contributed by atoms with Gasteiger partial charge < -0.3 is 19.7 Å². The van der Waals surface area contributed by atoms with E-state index in [2.05, 4.69) is 32.5 Å². The molecule has 0 amide bonds. The standard InChI is InChI=1S/C19H21N5O2/c1-2-8-24-18(3-1)21-22-19(24)12-20-14-6-9-23(10-7-14)15-4-5-16-17(11-15)26-13-25-16/h1-5,8,11,14,20H,6-7,9-10,12-13H2. The third-order valence-electron chi connectivity index (χ3n) is 5.15. The maximum atomic E-state index is 5.49. The van der Waals surface area contributed by atoms with Gasteiger partial charge in [-0.1, -0.05) is 6.07 Å². The van der Waals surface area contributed by atoms with Gasteiger partial charge in [-0.15, -0.1) is 10.2 Å². The summed E-state index contributed by atoms with van der Waals surface area (Å²) in [4.78, 5) is 2.41. The van der Waals surface area contributed by atoms with E-state index in [0.29, 0.717) is 12.8 Å². The predicted octanol–water partition coefficient (Wildman–Crippen LogP) is 2.22. The van der Waals surface area contributed by atoms with Crippen LogP contribution in [-0.2, 0) is 6.54 Å². The third kappa shape index (κ3) is 2.84. The maximum Gasteiger partial charge on any atom is 0.231 e. The Bertz CT molecular complexity index is 917.